The minimum absolute atomic E-state index is 0. The zero-order chi connectivity index (χ0) is 12.5. The van der Waals surface area contributed by atoms with Crippen LogP contribution in [0.3, 0.4) is 0 Å². The maximum atomic E-state index is 12.4. The normalized spacial score (nSPS) is 25.6. The molecule has 3 nitrogen and oxygen atoms in total. The molecule has 104 valence electrons. The van der Waals surface area contributed by atoms with E-state index in [-0.39, 0.29) is 18.3 Å². The molecule has 0 saturated carbocycles. The van der Waals surface area contributed by atoms with Gasteiger partial charge in [0.25, 0.3) is 5.91 Å². The van der Waals surface area contributed by atoms with E-state index in [0.717, 1.165) is 36.1 Å². The van der Waals surface area contributed by atoms with E-state index in [2.05, 4.69) is 21.2 Å². The number of fused-ring (bicyclic) bond motifs is 1. The molecule has 2 unspecified atom stereocenters. The van der Waals surface area contributed by atoms with E-state index in [9.17, 15) is 4.79 Å². The highest BCUT2D eigenvalue weighted by molar-refractivity contribution is 9.10. The summed E-state index contributed by atoms with van der Waals surface area (Å²) in [5.41, 5.74) is 0.794. The number of hydrogen-bond donors (Lipinski definition) is 1. The van der Waals surface area contributed by atoms with Gasteiger partial charge in [-0.2, -0.15) is 0 Å². The maximum Gasteiger partial charge on any atom is 0.253 e. The van der Waals surface area contributed by atoms with Crippen molar-refractivity contribution in [3.05, 3.63) is 34.3 Å². The highest BCUT2D eigenvalue weighted by Crippen LogP contribution is 2.25. The number of halogens is 2. The molecule has 2 fully saturated rings. The lowest BCUT2D eigenvalue weighted by Crippen LogP contribution is -2.46. The molecule has 1 amide bonds. The first-order valence-electron chi connectivity index (χ1n) is 6.52. The molecule has 2 aliphatic rings. The predicted molar refractivity (Wildman–Crippen MR) is 81.8 cm³/mol. The average molecular weight is 346 g/mol. The van der Waals surface area contributed by atoms with Gasteiger partial charge in [0.15, 0.2) is 0 Å². The molecule has 0 spiro atoms. The van der Waals surface area contributed by atoms with Gasteiger partial charge < -0.3 is 10.2 Å². The van der Waals surface area contributed by atoms with Gasteiger partial charge in [-0.25, -0.2) is 0 Å². The first-order chi connectivity index (χ1) is 8.74. The van der Waals surface area contributed by atoms with Crippen molar-refractivity contribution < 1.29 is 4.79 Å². The lowest BCUT2D eigenvalue weighted by atomic mass is 9.93. The fourth-order valence-corrected chi connectivity index (χ4v) is 3.27. The van der Waals surface area contributed by atoms with Crippen molar-refractivity contribution in [3.8, 4) is 0 Å². The number of benzene rings is 1. The topological polar surface area (TPSA) is 32.3 Å². The quantitative estimate of drug-likeness (QED) is 0.849. The zero-order valence-electron chi connectivity index (χ0n) is 10.6. The third kappa shape index (κ3) is 3.12. The number of nitrogens with zero attached hydrogens (tertiary/aromatic N) is 1. The second-order valence-electron chi connectivity index (χ2n) is 5.16. The molecule has 19 heavy (non-hydrogen) atoms. The molecule has 0 aliphatic carbocycles. The molecule has 0 aromatic heterocycles. The largest absolute Gasteiger partial charge is 0.338 e. The summed E-state index contributed by atoms with van der Waals surface area (Å²) < 4.78 is 1.01. The van der Waals surface area contributed by atoms with Gasteiger partial charge >= 0.3 is 0 Å². The Hall–Kier alpha value is -0.580. The van der Waals surface area contributed by atoms with Gasteiger partial charge in [-0.05, 0) is 49.6 Å². The Morgan fingerprint density at radius 3 is 2.74 bits per heavy atom. The molecule has 5 heteroatoms. The molecule has 1 N–H and O–H groups in total. The summed E-state index contributed by atoms with van der Waals surface area (Å²) in [6.45, 7) is 2.89. The molecule has 1 aromatic rings. The van der Waals surface area contributed by atoms with Crippen LogP contribution in [0.2, 0.25) is 0 Å². The third-order valence-corrected chi connectivity index (χ3v) is 4.56. The Labute approximate surface area is 128 Å². The number of rotatable bonds is 1. The van der Waals surface area contributed by atoms with Gasteiger partial charge in [0, 0.05) is 29.2 Å². The van der Waals surface area contributed by atoms with Crippen molar-refractivity contribution in [1.29, 1.82) is 0 Å². The standard InChI is InChI=1S/C14H17BrN2O.ClH/c15-12-3-1-10(2-4-12)14(18)17-8-6-13-11(9-17)5-7-16-13;/h1-4,11,13,16H,5-9H2;1H. The van der Waals surface area contributed by atoms with Crippen LogP contribution in [0.4, 0.5) is 0 Å². The first-order valence-corrected chi connectivity index (χ1v) is 7.31. The molecule has 0 radical (unpaired) electrons. The third-order valence-electron chi connectivity index (χ3n) is 4.03. The molecule has 2 atom stereocenters. The van der Waals surface area contributed by atoms with E-state index in [4.69, 9.17) is 0 Å². The van der Waals surface area contributed by atoms with Gasteiger partial charge in [0.1, 0.15) is 0 Å². The van der Waals surface area contributed by atoms with Crippen LogP contribution in [0.5, 0.6) is 0 Å². The van der Waals surface area contributed by atoms with Crippen LogP contribution in [0.1, 0.15) is 23.2 Å². The van der Waals surface area contributed by atoms with Crippen molar-refractivity contribution in [2.24, 2.45) is 5.92 Å². The minimum atomic E-state index is 0. The zero-order valence-corrected chi connectivity index (χ0v) is 13.0. The summed E-state index contributed by atoms with van der Waals surface area (Å²) in [4.78, 5) is 14.4. The SMILES string of the molecule is Cl.O=C(c1ccc(Br)cc1)N1CCC2NCCC2C1. The Kier molecular flexibility index (Phi) is 4.87. The van der Waals surface area contributed by atoms with E-state index in [0.29, 0.717) is 12.0 Å². The molecular formula is C14H18BrClN2O. The summed E-state index contributed by atoms with van der Waals surface area (Å²) in [5.74, 6) is 0.825. The number of carbonyl (C=O) groups is 1. The van der Waals surface area contributed by atoms with Gasteiger partial charge in [-0.15, -0.1) is 12.4 Å². The van der Waals surface area contributed by atoms with Crippen LogP contribution in [0.15, 0.2) is 28.7 Å². The van der Waals surface area contributed by atoms with Crippen molar-refractivity contribution >= 4 is 34.2 Å². The monoisotopic (exact) mass is 344 g/mol. The van der Waals surface area contributed by atoms with Crippen LogP contribution in [-0.4, -0.2) is 36.5 Å². The fourth-order valence-electron chi connectivity index (χ4n) is 3.01. The summed E-state index contributed by atoms with van der Waals surface area (Å²) in [6, 6.07) is 8.28. The van der Waals surface area contributed by atoms with Gasteiger partial charge in [-0.3, -0.25) is 4.79 Å². The number of piperidine rings is 1. The van der Waals surface area contributed by atoms with Crippen molar-refractivity contribution in [3.63, 3.8) is 0 Å². The Bertz CT molecular complexity index is 451. The maximum absolute atomic E-state index is 12.4. The lowest BCUT2D eigenvalue weighted by Gasteiger charge is -2.34. The second-order valence-corrected chi connectivity index (χ2v) is 6.07. The second kappa shape index (κ2) is 6.25. The van der Waals surface area contributed by atoms with Crippen molar-refractivity contribution in [2.75, 3.05) is 19.6 Å². The number of hydrogen-bond acceptors (Lipinski definition) is 2. The molecule has 2 aliphatic heterocycles. The van der Waals surface area contributed by atoms with E-state index in [1.807, 2.05) is 29.2 Å². The number of amides is 1. The average Bonchev–Trinajstić information content (AvgIpc) is 2.86. The van der Waals surface area contributed by atoms with Gasteiger partial charge in [-0.1, -0.05) is 15.9 Å². The highest BCUT2D eigenvalue weighted by atomic mass is 79.9. The fraction of sp³-hybridized carbons (Fsp3) is 0.500. The first kappa shape index (κ1) is 14.8. The summed E-state index contributed by atoms with van der Waals surface area (Å²) in [5, 5.41) is 3.52. The van der Waals surface area contributed by atoms with Crippen LogP contribution in [0.25, 0.3) is 0 Å². The molecule has 2 saturated heterocycles. The summed E-state index contributed by atoms with van der Waals surface area (Å²) in [7, 11) is 0. The van der Waals surface area contributed by atoms with Crippen LogP contribution >= 0.6 is 28.3 Å². The van der Waals surface area contributed by atoms with Crippen molar-refractivity contribution in [1.82, 2.24) is 10.2 Å². The Morgan fingerprint density at radius 1 is 1.26 bits per heavy atom. The molecular weight excluding hydrogens is 328 g/mol. The molecule has 3 rings (SSSR count). The predicted octanol–water partition coefficient (Wildman–Crippen LogP) is 2.69. The summed E-state index contributed by atoms with van der Waals surface area (Å²) >= 11 is 3.39. The van der Waals surface area contributed by atoms with E-state index < -0.39 is 0 Å². The van der Waals surface area contributed by atoms with E-state index in [1.54, 1.807) is 0 Å². The summed E-state index contributed by atoms with van der Waals surface area (Å²) in [6.07, 6.45) is 2.29. The highest BCUT2D eigenvalue weighted by Gasteiger charge is 2.34. The Balaban J connectivity index is 0.00000133. The number of carbonyl (C=O) groups excluding carboxylic acids is 1. The number of nitrogens with one attached hydrogen (secondary N) is 1. The molecule has 2 heterocycles. The molecule has 0 bridgehead atoms. The van der Waals surface area contributed by atoms with E-state index >= 15 is 0 Å². The Morgan fingerprint density at radius 2 is 2.00 bits per heavy atom. The van der Waals surface area contributed by atoms with Crippen LogP contribution in [-0.2, 0) is 0 Å². The smallest absolute Gasteiger partial charge is 0.253 e. The number of likely N-dealkylation sites (tertiary alicyclic amines) is 1. The van der Waals surface area contributed by atoms with Crippen molar-refractivity contribution in [2.45, 2.75) is 18.9 Å². The van der Waals surface area contributed by atoms with Crippen LogP contribution < -0.4 is 5.32 Å². The lowest BCUT2D eigenvalue weighted by molar-refractivity contribution is 0.0662. The minimum Gasteiger partial charge on any atom is -0.338 e. The van der Waals surface area contributed by atoms with Crippen LogP contribution in [0, 0.1) is 5.92 Å². The molecule has 1 aromatic carbocycles. The van der Waals surface area contributed by atoms with E-state index in [1.165, 1.54) is 6.42 Å². The van der Waals surface area contributed by atoms with Gasteiger partial charge in [0.05, 0.1) is 0 Å². The van der Waals surface area contributed by atoms with Gasteiger partial charge in [0.2, 0.25) is 0 Å².